The lowest BCUT2D eigenvalue weighted by molar-refractivity contribution is 0.660. The van der Waals surface area contributed by atoms with Gasteiger partial charge in [-0.3, -0.25) is 0 Å². The third kappa shape index (κ3) is 4.40. The Morgan fingerprint density at radius 3 is 1.89 bits per heavy atom. The predicted molar refractivity (Wildman–Crippen MR) is 197 cm³/mol. The van der Waals surface area contributed by atoms with Gasteiger partial charge in [0.2, 0.25) is 0 Å². The molecular formula is C45H33NO. The van der Waals surface area contributed by atoms with E-state index in [1.807, 2.05) is 12.1 Å². The van der Waals surface area contributed by atoms with E-state index < -0.39 is 0 Å². The summed E-state index contributed by atoms with van der Waals surface area (Å²) in [5.74, 6) is 0. The standard InChI is InChI=1S/C45H33NO/c1-45(2)40-17-9-6-15-36(40)37-26-25-34(29-41(37)45)46(33-23-20-31(21-24-33)30-12-4-3-5-13-30)42-18-10-7-14-35(42)32-22-27-44-39(28-32)38-16-8-11-19-43(38)47-44/h3-29H,1-2H3. The van der Waals surface area contributed by atoms with Crippen molar-refractivity contribution in [1.82, 2.24) is 0 Å². The Morgan fingerprint density at radius 1 is 0.426 bits per heavy atom. The third-order valence-corrected chi connectivity index (χ3v) is 9.89. The zero-order valence-corrected chi connectivity index (χ0v) is 26.4. The summed E-state index contributed by atoms with van der Waals surface area (Å²) in [4.78, 5) is 2.42. The van der Waals surface area contributed by atoms with E-state index in [2.05, 4.69) is 170 Å². The van der Waals surface area contributed by atoms with Crippen LogP contribution in [0.4, 0.5) is 17.1 Å². The summed E-state index contributed by atoms with van der Waals surface area (Å²) in [6, 6.07) is 59.0. The minimum atomic E-state index is -0.0995. The van der Waals surface area contributed by atoms with Gasteiger partial charge in [0, 0.05) is 33.1 Å². The highest BCUT2D eigenvalue weighted by atomic mass is 16.3. The van der Waals surface area contributed by atoms with Crippen molar-refractivity contribution in [2.75, 3.05) is 4.90 Å². The van der Waals surface area contributed by atoms with E-state index in [0.717, 1.165) is 50.1 Å². The first kappa shape index (κ1) is 27.5. The molecule has 0 amide bonds. The first-order valence-electron chi connectivity index (χ1n) is 16.3. The van der Waals surface area contributed by atoms with Gasteiger partial charge < -0.3 is 9.32 Å². The van der Waals surface area contributed by atoms with Crippen LogP contribution in [0.25, 0.3) is 55.3 Å². The number of hydrogen-bond donors (Lipinski definition) is 0. The molecule has 0 bridgehead atoms. The van der Waals surface area contributed by atoms with Crippen molar-refractivity contribution in [3.05, 3.63) is 175 Å². The van der Waals surface area contributed by atoms with Crippen LogP contribution in [0.1, 0.15) is 25.0 Å². The van der Waals surface area contributed by atoms with Crippen LogP contribution in [-0.2, 0) is 5.41 Å². The maximum absolute atomic E-state index is 6.19. The van der Waals surface area contributed by atoms with E-state index in [-0.39, 0.29) is 5.41 Å². The van der Waals surface area contributed by atoms with Crippen LogP contribution in [0.15, 0.2) is 168 Å². The summed E-state index contributed by atoms with van der Waals surface area (Å²) >= 11 is 0. The molecule has 1 aliphatic rings. The fourth-order valence-electron chi connectivity index (χ4n) is 7.50. The fraction of sp³-hybridized carbons (Fsp3) is 0.0667. The van der Waals surface area contributed by atoms with Gasteiger partial charge in [-0.1, -0.05) is 129 Å². The molecule has 0 N–H and O–H groups in total. The molecule has 0 fully saturated rings. The second-order valence-corrected chi connectivity index (χ2v) is 13.0. The topological polar surface area (TPSA) is 16.4 Å². The van der Waals surface area contributed by atoms with Crippen LogP contribution in [-0.4, -0.2) is 0 Å². The molecule has 0 atom stereocenters. The average Bonchev–Trinajstić information content (AvgIpc) is 3.61. The molecule has 8 aromatic rings. The number of benzene rings is 7. The lowest BCUT2D eigenvalue weighted by atomic mass is 9.82. The van der Waals surface area contributed by atoms with Crippen LogP contribution < -0.4 is 4.90 Å². The maximum Gasteiger partial charge on any atom is 0.135 e. The lowest BCUT2D eigenvalue weighted by Crippen LogP contribution is -2.16. The van der Waals surface area contributed by atoms with Crippen LogP contribution >= 0.6 is 0 Å². The first-order valence-corrected chi connectivity index (χ1v) is 16.3. The minimum absolute atomic E-state index is 0.0995. The zero-order chi connectivity index (χ0) is 31.5. The number of nitrogens with zero attached hydrogens (tertiary/aromatic N) is 1. The van der Waals surface area contributed by atoms with Crippen molar-refractivity contribution in [3.8, 4) is 33.4 Å². The van der Waals surface area contributed by atoms with Crippen LogP contribution in [0.5, 0.6) is 0 Å². The molecule has 1 aliphatic carbocycles. The van der Waals surface area contributed by atoms with Gasteiger partial charge in [0.05, 0.1) is 5.69 Å². The van der Waals surface area contributed by atoms with Gasteiger partial charge >= 0.3 is 0 Å². The molecule has 0 saturated heterocycles. The lowest BCUT2D eigenvalue weighted by Gasteiger charge is -2.30. The van der Waals surface area contributed by atoms with E-state index in [9.17, 15) is 0 Å². The van der Waals surface area contributed by atoms with Crippen molar-refractivity contribution in [3.63, 3.8) is 0 Å². The highest BCUT2D eigenvalue weighted by Gasteiger charge is 2.35. The molecule has 47 heavy (non-hydrogen) atoms. The second kappa shape index (κ2) is 10.6. The summed E-state index contributed by atoms with van der Waals surface area (Å²) in [5, 5.41) is 2.26. The number of rotatable bonds is 5. The van der Waals surface area contributed by atoms with Gasteiger partial charge in [0.1, 0.15) is 11.2 Å². The van der Waals surface area contributed by atoms with Gasteiger partial charge in [-0.05, 0) is 87.5 Å². The summed E-state index contributed by atoms with van der Waals surface area (Å²) in [6.07, 6.45) is 0. The third-order valence-electron chi connectivity index (χ3n) is 9.89. The molecule has 0 spiro atoms. The minimum Gasteiger partial charge on any atom is -0.456 e. The van der Waals surface area contributed by atoms with Crippen molar-refractivity contribution in [2.45, 2.75) is 19.3 Å². The fourth-order valence-corrected chi connectivity index (χ4v) is 7.50. The zero-order valence-electron chi connectivity index (χ0n) is 26.4. The molecule has 0 saturated carbocycles. The molecule has 1 heterocycles. The number of fused-ring (bicyclic) bond motifs is 6. The van der Waals surface area contributed by atoms with Crippen LogP contribution in [0.2, 0.25) is 0 Å². The van der Waals surface area contributed by atoms with Gasteiger partial charge in [-0.15, -0.1) is 0 Å². The van der Waals surface area contributed by atoms with Crippen molar-refractivity contribution >= 4 is 39.0 Å². The highest BCUT2D eigenvalue weighted by Crippen LogP contribution is 2.51. The van der Waals surface area contributed by atoms with Crippen molar-refractivity contribution in [2.24, 2.45) is 0 Å². The van der Waals surface area contributed by atoms with E-state index in [0.29, 0.717) is 0 Å². The Bertz CT molecular complexity index is 2430. The number of furan rings is 1. The van der Waals surface area contributed by atoms with Crippen molar-refractivity contribution in [1.29, 1.82) is 0 Å². The number of anilines is 3. The molecule has 2 nitrogen and oxygen atoms in total. The summed E-state index contributed by atoms with van der Waals surface area (Å²) in [6.45, 7) is 4.69. The number of hydrogen-bond acceptors (Lipinski definition) is 2. The summed E-state index contributed by atoms with van der Waals surface area (Å²) < 4.78 is 6.19. The Hall–Kier alpha value is -5.86. The summed E-state index contributed by atoms with van der Waals surface area (Å²) in [5.41, 5.74) is 15.2. The van der Waals surface area contributed by atoms with Gasteiger partial charge in [0.25, 0.3) is 0 Å². The average molecular weight is 604 g/mol. The van der Waals surface area contributed by atoms with Gasteiger partial charge in [0.15, 0.2) is 0 Å². The van der Waals surface area contributed by atoms with Crippen LogP contribution in [0.3, 0.4) is 0 Å². The molecule has 7 aromatic carbocycles. The molecule has 224 valence electrons. The Morgan fingerprint density at radius 2 is 1.04 bits per heavy atom. The van der Waals surface area contributed by atoms with Crippen molar-refractivity contribution < 1.29 is 4.42 Å². The quantitative estimate of drug-likeness (QED) is 0.195. The molecule has 0 radical (unpaired) electrons. The van der Waals surface area contributed by atoms with Gasteiger partial charge in [-0.25, -0.2) is 0 Å². The normalized spacial score (nSPS) is 13.1. The van der Waals surface area contributed by atoms with E-state index >= 15 is 0 Å². The molecule has 2 heteroatoms. The van der Waals surface area contributed by atoms with E-state index in [4.69, 9.17) is 4.42 Å². The van der Waals surface area contributed by atoms with E-state index in [1.165, 1.54) is 33.4 Å². The molecule has 0 unspecified atom stereocenters. The molecular weight excluding hydrogens is 571 g/mol. The monoisotopic (exact) mass is 603 g/mol. The molecule has 9 rings (SSSR count). The largest absolute Gasteiger partial charge is 0.456 e. The Labute approximate surface area is 275 Å². The van der Waals surface area contributed by atoms with E-state index in [1.54, 1.807) is 0 Å². The Kier molecular flexibility index (Phi) is 6.20. The SMILES string of the molecule is CC1(C)c2ccccc2-c2ccc(N(c3ccc(-c4ccccc4)cc3)c3ccccc3-c3ccc4oc5ccccc5c4c3)cc21. The Balaban J connectivity index is 1.24. The smallest absolute Gasteiger partial charge is 0.135 e. The predicted octanol–water partition coefficient (Wildman–Crippen LogP) is 12.7. The number of para-hydroxylation sites is 2. The van der Waals surface area contributed by atoms with Gasteiger partial charge in [-0.2, -0.15) is 0 Å². The second-order valence-electron chi connectivity index (χ2n) is 13.0. The highest BCUT2D eigenvalue weighted by molar-refractivity contribution is 6.07. The maximum atomic E-state index is 6.19. The molecule has 0 aliphatic heterocycles. The molecule has 1 aromatic heterocycles. The summed E-state index contributed by atoms with van der Waals surface area (Å²) in [7, 11) is 0. The first-order chi connectivity index (χ1) is 23.1. The van der Waals surface area contributed by atoms with Crippen LogP contribution in [0, 0.1) is 0 Å².